The van der Waals surface area contributed by atoms with E-state index in [0.29, 0.717) is 6.04 Å². The molecule has 2 atom stereocenters. The predicted molar refractivity (Wildman–Crippen MR) is 74.2 cm³/mol. The second kappa shape index (κ2) is 5.68. The normalized spacial score (nSPS) is 25.6. The van der Waals surface area contributed by atoms with E-state index in [2.05, 4.69) is 32.0 Å². The minimum atomic E-state index is 0.437. The van der Waals surface area contributed by atoms with Gasteiger partial charge in [-0.1, -0.05) is 37.5 Å². The minimum absolute atomic E-state index is 0.437. The summed E-state index contributed by atoms with van der Waals surface area (Å²) in [5.74, 6) is 0.798. The molecule has 0 amide bonds. The van der Waals surface area contributed by atoms with Gasteiger partial charge in [-0.15, -0.1) is 0 Å². The first-order valence-corrected chi connectivity index (χ1v) is 6.97. The Hall–Kier alpha value is -0.820. The molecule has 2 rings (SSSR count). The van der Waals surface area contributed by atoms with Gasteiger partial charge < -0.3 is 5.73 Å². The van der Waals surface area contributed by atoms with Crippen molar-refractivity contribution in [2.45, 2.75) is 58.4 Å². The van der Waals surface area contributed by atoms with E-state index in [1.807, 2.05) is 0 Å². The zero-order valence-electron chi connectivity index (χ0n) is 11.2. The van der Waals surface area contributed by atoms with Crippen LogP contribution in [-0.4, -0.2) is 6.04 Å². The molecule has 94 valence electrons. The van der Waals surface area contributed by atoms with E-state index < -0.39 is 0 Å². The molecule has 0 spiro atoms. The average molecular weight is 231 g/mol. The van der Waals surface area contributed by atoms with E-state index in [9.17, 15) is 0 Å². The average Bonchev–Trinajstić information content (AvgIpc) is 2.48. The Labute approximate surface area is 105 Å². The molecule has 1 nitrogen and oxygen atoms in total. The predicted octanol–water partition coefficient (Wildman–Crippen LogP) is 3.75. The van der Waals surface area contributed by atoms with Gasteiger partial charge in [0.25, 0.3) is 0 Å². The van der Waals surface area contributed by atoms with Gasteiger partial charge in [-0.3, -0.25) is 0 Å². The summed E-state index contributed by atoms with van der Waals surface area (Å²) in [6.45, 7) is 4.47. The van der Waals surface area contributed by atoms with E-state index in [1.54, 1.807) is 5.56 Å². The maximum Gasteiger partial charge on any atom is 0.00415 e. The Kier molecular flexibility index (Phi) is 4.22. The van der Waals surface area contributed by atoms with Crippen LogP contribution in [-0.2, 0) is 6.42 Å². The fourth-order valence-corrected chi connectivity index (χ4v) is 3.15. The van der Waals surface area contributed by atoms with E-state index in [-0.39, 0.29) is 0 Å². The lowest BCUT2D eigenvalue weighted by Crippen LogP contribution is -2.22. The Balaban J connectivity index is 2.09. The Bertz CT molecular complexity index is 350. The second-order valence-electron chi connectivity index (χ2n) is 5.72. The van der Waals surface area contributed by atoms with Crippen LogP contribution in [0.2, 0.25) is 0 Å². The minimum Gasteiger partial charge on any atom is -0.328 e. The molecule has 1 aliphatic rings. The van der Waals surface area contributed by atoms with Gasteiger partial charge in [0, 0.05) is 6.04 Å². The first kappa shape index (κ1) is 12.6. The molecular formula is C16H25N. The van der Waals surface area contributed by atoms with Crippen molar-refractivity contribution in [3.8, 4) is 0 Å². The van der Waals surface area contributed by atoms with Crippen LogP contribution in [0.3, 0.4) is 0 Å². The van der Waals surface area contributed by atoms with Crippen LogP contribution in [0, 0.1) is 19.8 Å². The summed E-state index contributed by atoms with van der Waals surface area (Å²) in [5, 5.41) is 0. The van der Waals surface area contributed by atoms with E-state index >= 15 is 0 Å². The van der Waals surface area contributed by atoms with E-state index in [0.717, 1.165) is 5.92 Å². The van der Waals surface area contributed by atoms with E-state index in [4.69, 9.17) is 5.73 Å². The first-order chi connectivity index (χ1) is 8.16. The molecule has 0 bridgehead atoms. The van der Waals surface area contributed by atoms with Gasteiger partial charge in [0.05, 0.1) is 0 Å². The summed E-state index contributed by atoms with van der Waals surface area (Å²) in [6.07, 6.45) is 7.72. The van der Waals surface area contributed by atoms with Gasteiger partial charge in [-0.25, -0.2) is 0 Å². The third-order valence-corrected chi connectivity index (χ3v) is 4.21. The van der Waals surface area contributed by atoms with Gasteiger partial charge in [-0.2, -0.15) is 0 Å². The summed E-state index contributed by atoms with van der Waals surface area (Å²) in [7, 11) is 0. The van der Waals surface area contributed by atoms with Crippen molar-refractivity contribution in [1.82, 2.24) is 0 Å². The Morgan fingerprint density at radius 2 is 1.76 bits per heavy atom. The third kappa shape index (κ3) is 3.32. The van der Waals surface area contributed by atoms with Crippen molar-refractivity contribution in [2.75, 3.05) is 0 Å². The first-order valence-electron chi connectivity index (χ1n) is 6.97. The lowest BCUT2D eigenvalue weighted by molar-refractivity contribution is 0.429. The third-order valence-electron chi connectivity index (χ3n) is 4.21. The van der Waals surface area contributed by atoms with Crippen molar-refractivity contribution in [1.29, 1.82) is 0 Å². The molecule has 0 radical (unpaired) electrons. The fourth-order valence-electron chi connectivity index (χ4n) is 3.15. The molecule has 0 aliphatic heterocycles. The highest BCUT2D eigenvalue weighted by Crippen LogP contribution is 2.27. The quantitative estimate of drug-likeness (QED) is 0.771. The maximum atomic E-state index is 6.15. The van der Waals surface area contributed by atoms with Crippen LogP contribution in [0.15, 0.2) is 18.2 Å². The summed E-state index contributed by atoms with van der Waals surface area (Å²) >= 11 is 0. The van der Waals surface area contributed by atoms with Crippen LogP contribution in [0.25, 0.3) is 0 Å². The Morgan fingerprint density at radius 3 is 2.47 bits per heavy atom. The molecule has 2 N–H and O–H groups in total. The molecule has 1 heteroatoms. The molecule has 0 aromatic heterocycles. The number of rotatable bonds is 2. The summed E-state index contributed by atoms with van der Waals surface area (Å²) in [4.78, 5) is 0. The summed E-state index contributed by atoms with van der Waals surface area (Å²) in [6, 6.07) is 7.07. The highest BCUT2D eigenvalue weighted by Gasteiger charge is 2.19. The zero-order chi connectivity index (χ0) is 12.3. The molecule has 0 heterocycles. The molecule has 0 saturated heterocycles. The van der Waals surface area contributed by atoms with Crippen molar-refractivity contribution < 1.29 is 0 Å². The molecule has 1 aromatic carbocycles. The summed E-state index contributed by atoms with van der Waals surface area (Å²) in [5.41, 5.74) is 10.6. The molecular weight excluding hydrogens is 206 g/mol. The van der Waals surface area contributed by atoms with Crippen molar-refractivity contribution >= 4 is 0 Å². The second-order valence-corrected chi connectivity index (χ2v) is 5.72. The van der Waals surface area contributed by atoms with Crippen molar-refractivity contribution in [2.24, 2.45) is 11.7 Å². The fraction of sp³-hybridized carbons (Fsp3) is 0.625. The van der Waals surface area contributed by atoms with Gasteiger partial charge >= 0.3 is 0 Å². The largest absolute Gasteiger partial charge is 0.328 e. The molecule has 2 unspecified atom stereocenters. The monoisotopic (exact) mass is 231 g/mol. The van der Waals surface area contributed by atoms with Gasteiger partial charge in [-0.05, 0) is 55.7 Å². The van der Waals surface area contributed by atoms with Crippen LogP contribution in [0.5, 0.6) is 0 Å². The highest BCUT2D eigenvalue weighted by atomic mass is 14.6. The standard InChI is InChI=1S/C16H25N/c1-12-6-5-7-13(2)16(12)11-14-8-3-4-9-15(17)10-14/h5-7,14-15H,3-4,8-11,17H2,1-2H3. The molecule has 17 heavy (non-hydrogen) atoms. The van der Waals surface area contributed by atoms with Crippen LogP contribution in [0.4, 0.5) is 0 Å². The molecule has 1 saturated carbocycles. The lowest BCUT2D eigenvalue weighted by Gasteiger charge is -2.19. The smallest absolute Gasteiger partial charge is 0.00415 e. The topological polar surface area (TPSA) is 26.0 Å². The maximum absolute atomic E-state index is 6.15. The van der Waals surface area contributed by atoms with Crippen LogP contribution < -0.4 is 5.73 Å². The number of hydrogen-bond donors (Lipinski definition) is 1. The van der Waals surface area contributed by atoms with Crippen LogP contribution in [0.1, 0.15) is 48.8 Å². The number of hydrogen-bond acceptors (Lipinski definition) is 1. The van der Waals surface area contributed by atoms with Crippen molar-refractivity contribution in [3.63, 3.8) is 0 Å². The summed E-state index contributed by atoms with van der Waals surface area (Å²) < 4.78 is 0. The van der Waals surface area contributed by atoms with Crippen LogP contribution >= 0.6 is 0 Å². The number of nitrogens with two attached hydrogens (primary N) is 1. The molecule has 1 aromatic rings. The molecule has 1 aliphatic carbocycles. The van der Waals surface area contributed by atoms with Gasteiger partial charge in [0.15, 0.2) is 0 Å². The number of aryl methyl sites for hydroxylation is 2. The SMILES string of the molecule is Cc1cccc(C)c1CC1CCCCC(N)C1. The van der Waals surface area contributed by atoms with E-state index in [1.165, 1.54) is 49.7 Å². The molecule has 1 fully saturated rings. The number of benzene rings is 1. The highest BCUT2D eigenvalue weighted by molar-refractivity contribution is 5.33. The zero-order valence-corrected chi connectivity index (χ0v) is 11.2. The lowest BCUT2D eigenvalue weighted by atomic mass is 9.87. The van der Waals surface area contributed by atoms with Gasteiger partial charge in [0.2, 0.25) is 0 Å². The van der Waals surface area contributed by atoms with Crippen molar-refractivity contribution in [3.05, 3.63) is 34.9 Å². The Morgan fingerprint density at radius 1 is 1.12 bits per heavy atom. The van der Waals surface area contributed by atoms with Gasteiger partial charge in [0.1, 0.15) is 0 Å².